The van der Waals surface area contributed by atoms with Gasteiger partial charge in [-0.3, -0.25) is 10.1 Å². The standard InChI is InChI=1S/C30H33N3O4/c34-27(25(20-22-12-4-1-5-13-22)31-29(36)37-24-16-8-3-9-17-24)26-28(35)33(21-23-14-6-2-7-15-23)30(32-26)18-10-11-19-30/h1-9,12-17,25-27,32,34H,10-11,18-21H2,(H,31,36)/t25-,26?,27-/m0/s1. The van der Waals surface area contributed by atoms with E-state index in [1.807, 2.05) is 71.6 Å². The molecule has 0 aromatic heterocycles. The molecule has 1 heterocycles. The second kappa shape index (κ2) is 11.2. The zero-order valence-electron chi connectivity index (χ0n) is 20.8. The van der Waals surface area contributed by atoms with Crippen molar-refractivity contribution in [3.05, 3.63) is 102 Å². The molecule has 3 N–H and O–H groups in total. The van der Waals surface area contributed by atoms with Crippen LogP contribution >= 0.6 is 0 Å². The van der Waals surface area contributed by atoms with Gasteiger partial charge >= 0.3 is 6.09 Å². The third-order valence-corrected chi connectivity index (χ3v) is 7.40. The van der Waals surface area contributed by atoms with Gasteiger partial charge in [0.25, 0.3) is 0 Å². The molecule has 3 aromatic rings. The predicted octanol–water partition coefficient (Wildman–Crippen LogP) is 4.02. The number of hydrogen-bond donors (Lipinski definition) is 3. The Balaban J connectivity index is 1.37. The highest BCUT2D eigenvalue weighted by molar-refractivity contribution is 5.86. The number of nitrogens with zero attached hydrogens (tertiary/aromatic N) is 1. The van der Waals surface area contributed by atoms with Crippen molar-refractivity contribution in [2.24, 2.45) is 0 Å². The van der Waals surface area contributed by atoms with Crippen LogP contribution in [0.4, 0.5) is 4.79 Å². The summed E-state index contributed by atoms with van der Waals surface area (Å²) in [6.45, 7) is 0.475. The highest BCUT2D eigenvalue weighted by Gasteiger charge is 2.54. The first kappa shape index (κ1) is 25.0. The second-order valence-corrected chi connectivity index (χ2v) is 9.90. The zero-order valence-corrected chi connectivity index (χ0v) is 20.8. The third-order valence-electron chi connectivity index (χ3n) is 7.40. The van der Waals surface area contributed by atoms with Crippen LogP contribution in [0.1, 0.15) is 36.8 Å². The second-order valence-electron chi connectivity index (χ2n) is 9.90. The van der Waals surface area contributed by atoms with E-state index < -0.39 is 29.9 Å². The minimum atomic E-state index is -1.16. The van der Waals surface area contributed by atoms with Crippen LogP contribution in [0, 0.1) is 0 Å². The van der Waals surface area contributed by atoms with Gasteiger partial charge in [-0.2, -0.15) is 0 Å². The fraction of sp³-hybridized carbons (Fsp3) is 0.333. The van der Waals surface area contributed by atoms with Gasteiger partial charge in [-0.25, -0.2) is 4.79 Å². The first-order valence-electron chi connectivity index (χ1n) is 12.9. The molecule has 7 heteroatoms. The van der Waals surface area contributed by atoms with Gasteiger partial charge in [0.15, 0.2) is 0 Å². The Morgan fingerprint density at radius 3 is 2.14 bits per heavy atom. The lowest BCUT2D eigenvalue weighted by molar-refractivity contribution is -0.134. The zero-order chi connectivity index (χ0) is 25.7. The van der Waals surface area contributed by atoms with Crippen molar-refractivity contribution in [1.82, 2.24) is 15.5 Å². The van der Waals surface area contributed by atoms with E-state index in [4.69, 9.17) is 4.74 Å². The first-order chi connectivity index (χ1) is 18.0. The van der Waals surface area contributed by atoms with E-state index in [0.717, 1.165) is 36.8 Å². The molecular formula is C30H33N3O4. The molecule has 3 atom stereocenters. The van der Waals surface area contributed by atoms with E-state index in [0.29, 0.717) is 18.7 Å². The van der Waals surface area contributed by atoms with E-state index in [1.54, 1.807) is 24.3 Å². The van der Waals surface area contributed by atoms with Crippen molar-refractivity contribution in [2.75, 3.05) is 0 Å². The van der Waals surface area contributed by atoms with E-state index >= 15 is 0 Å². The molecule has 1 saturated heterocycles. The molecule has 1 aliphatic carbocycles. The van der Waals surface area contributed by atoms with Crippen molar-refractivity contribution >= 4 is 12.0 Å². The van der Waals surface area contributed by atoms with Crippen LogP contribution in [0.15, 0.2) is 91.0 Å². The largest absolute Gasteiger partial charge is 0.412 e. The Kier molecular flexibility index (Phi) is 7.53. The van der Waals surface area contributed by atoms with E-state index in [9.17, 15) is 14.7 Å². The molecule has 5 rings (SSSR count). The van der Waals surface area contributed by atoms with Gasteiger partial charge in [0.05, 0.1) is 17.8 Å². The SMILES string of the molecule is O=C(N[C@@H](Cc1ccccc1)[C@H](O)C1NC2(CCCC2)N(Cc2ccccc2)C1=O)Oc1ccccc1. The molecule has 1 unspecified atom stereocenters. The van der Waals surface area contributed by atoms with Crippen LogP contribution in [0.3, 0.4) is 0 Å². The molecule has 2 aliphatic rings. The Morgan fingerprint density at radius 2 is 1.51 bits per heavy atom. The Morgan fingerprint density at radius 1 is 0.946 bits per heavy atom. The summed E-state index contributed by atoms with van der Waals surface area (Å²) in [5.74, 6) is 0.261. The van der Waals surface area contributed by atoms with Crippen molar-refractivity contribution in [2.45, 2.75) is 62.5 Å². The quantitative estimate of drug-likeness (QED) is 0.436. The monoisotopic (exact) mass is 499 g/mol. The van der Waals surface area contributed by atoms with Gasteiger partial charge < -0.3 is 20.1 Å². The molecule has 1 spiro atoms. The lowest BCUT2D eigenvalue weighted by atomic mass is 9.96. The summed E-state index contributed by atoms with van der Waals surface area (Å²) >= 11 is 0. The molecule has 3 aromatic carbocycles. The number of amides is 2. The summed E-state index contributed by atoms with van der Waals surface area (Å²) in [5.41, 5.74) is 1.50. The van der Waals surface area contributed by atoms with Crippen LogP contribution in [0.5, 0.6) is 5.75 Å². The molecule has 0 bridgehead atoms. The van der Waals surface area contributed by atoms with Crippen molar-refractivity contribution in [1.29, 1.82) is 0 Å². The molecule has 1 aliphatic heterocycles. The van der Waals surface area contributed by atoms with E-state index in [-0.39, 0.29) is 5.91 Å². The topological polar surface area (TPSA) is 90.9 Å². The molecule has 2 amide bonds. The van der Waals surface area contributed by atoms with Gasteiger partial charge in [-0.1, -0.05) is 78.9 Å². The van der Waals surface area contributed by atoms with E-state index in [2.05, 4.69) is 10.6 Å². The normalized spacial score (nSPS) is 20.1. The van der Waals surface area contributed by atoms with Crippen molar-refractivity contribution in [3.63, 3.8) is 0 Å². The number of ether oxygens (including phenoxy) is 1. The van der Waals surface area contributed by atoms with Gasteiger partial charge in [-0.15, -0.1) is 0 Å². The van der Waals surface area contributed by atoms with Gasteiger partial charge in [-0.05, 0) is 55.4 Å². The van der Waals surface area contributed by atoms with Crippen LogP contribution in [0.25, 0.3) is 0 Å². The minimum Gasteiger partial charge on any atom is -0.410 e. The number of aliphatic hydroxyl groups is 1. The third kappa shape index (κ3) is 5.68. The maximum absolute atomic E-state index is 13.8. The lowest BCUT2D eigenvalue weighted by Crippen LogP contribution is -2.56. The summed E-state index contributed by atoms with van der Waals surface area (Å²) in [6.07, 6.45) is 2.22. The Bertz CT molecular complexity index is 1180. The highest BCUT2D eigenvalue weighted by Crippen LogP contribution is 2.39. The van der Waals surface area contributed by atoms with Gasteiger partial charge in [0.2, 0.25) is 5.91 Å². The molecule has 192 valence electrons. The van der Waals surface area contributed by atoms with Gasteiger partial charge in [0, 0.05) is 6.54 Å². The average molecular weight is 500 g/mol. The molecule has 37 heavy (non-hydrogen) atoms. The molecule has 2 fully saturated rings. The van der Waals surface area contributed by atoms with Crippen LogP contribution in [-0.4, -0.2) is 45.9 Å². The maximum Gasteiger partial charge on any atom is 0.412 e. The summed E-state index contributed by atoms with van der Waals surface area (Å²) in [6, 6.07) is 26.7. The van der Waals surface area contributed by atoms with Crippen molar-refractivity contribution in [3.8, 4) is 5.75 Å². The number of nitrogens with one attached hydrogen (secondary N) is 2. The maximum atomic E-state index is 13.8. The van der Waals surface area contributed by atoms with Crippen LogP contribution < -0.4 is 15.4 Å². The molecular weight excluding hydrogens is 466 g/mol. The molecule has 0 radical (unpaired) electrons. The summed E-state index contributed by atoms with van der Waals surface area (Å²) in [5, 5.41) is 17.9. The molecule has 7 nitrogen and oxygen atoms in total. The van der Waals surface area contributed by atoms with Crippen molar-refractivity contribution < 1.29 is 19.4 Å². The van der Waals surface area contributed by atoms with Crippen LogP contribution in [-0.2, 0) is 17.8 Å². The Labute approximate surface area is 217 Å². The summed E-state index contributed by atoms with van der Waals surface area (Å²) in [4.78, 5) is 28.5. The fourth-order valence-corrected chi connectivity index (χ4v) is 5.54. The lowest BCUT2D eigenvalue weighted by Gasteiger charge is -2.35. The number of rotatable bonds is 8. The number of aliphatic hydroxyl groups excluding tert-OH is 1. The number of carbonyl (C=O) groups is 2. The first-order valence-corrected chi connectivity index (χ1v) is 12.9. The number of benzene rings is 3. The van der Waals surface area contributed by atoms with Crippen LogP contribution in [0.2, 0.25) is 0 Å². The average Bonchev–Trinajstić information content (AvgIpc) is 3.50. The predicted molar refractivity (Wildman–Crippen MR) is 141 cm³/mol. The Hall–Kier alpha value is -3.68. The summed E-state index contributed by atoms with van der Waals surface area (Å²) < 4.78 is 5.44. The number of carbonyl (C=O) groups excluding carboxylic acids is 2. The minimum absolute atomic E-state index is 0.144. The summed E-state index contributed by atoms with van der Waals surface area (Å²) in [7, 11) is 0. The highest BCUT2D eigenvalue weighted by atomic mass is 16.6. The molecule has 1 saturated carbocycles. The fourth-order valence-electron chi connectivity index (χ4n) is 5.54. The number of para-hydroxylation sites is 1. The smallest absolute Gasteiger partial charge is 0.410 e. The van der Waals surface area contributed by atoms with E-state index in [1.165, 1.54) is 0 Å². The number of hydrogen-bond acceptors (Lipinski definition) is 5. The van der Waals surface area contributed by atoms with Gasteiger partial charge in [0.1, 0.15) is 11.8 Å².